The molecule has 13 heteroatoms. The Morgan fingerprint density at radius 2 is 0.951 bits per heavy atom. The minimum atomic E-state index is -4.60. The average molecular weight is 891 g/mol. The normalized spacial score (nSPS) is 20.0. The fraction of sp³-hybridized carbons (Fsp3) is 0.917. The molecule has 2 unspecified atom stereocenters. The summed E-state index contributed by atoms with van der Waals surface area (Å²) >= 11 is 0. The Morgan fingerprint density at radius 1 is 0.541 bits per heavy atom. The molecule has 1 fully saturated rings. The molecule has 1 aliphatic heterocycles. The molecule has 0 radical (unpaired) electrons. The Bertz CT molecular complexity index is 1180. The van der Waals surface area contributed by atoms with Gasteiger partial charge in [0.2, 0.25) is 0 Å². The molecule has 360 valence electrons. The summed E-state index contributed by atoms with van der Waals surface area (Å²) in [5.41, 5.74) is 0. The van der Waals surface area contributed by atoms with E-state index in [2.05, 4.69) is 26.0 Å². The van der Waals surface area contributed by atoms with E-state index in [1.54, 1.807) is 0 Å². The van der Waals surface area contributed by atoms with Crippen molar-refractivity contribution in [2.24, 2.45) is 0 Å². The molecule has 6 atom stereocenters. The van der Waals surface area contributed by atoms with Crippen LogP contribution in [0, 0.1) is 0 Å². The van der Waals surface area contributed by atoms with Crippen LogP contribution in [0.1, 0.15) is 226 Å². The number of aliphatic hydroxyl groups excluding tert-OH is 3. The maximum absolute atomic E-state index is 12.8. The number of esters is 2. The summed E-state index contributed by atoms with van der Waals surface area (Å²) in [7, 11) is -4.60. The van der Waals surface area contributed by atoms with Crippen molar-refractivity contribution in [1.29, 1.82) is 0 Å². The van der Waals surface area contributed by atoms with Crippen LogP contribution in [0.5, 0.6) is 0 Å². The Hall–Kier alpha value is -1.61. The summed E-state index contributed by atoms with van der Waals surface area (Å²) in [4.78, 5) is 25.5. The minimum absolute atomic E-state index is 0.166. The number of carbonyl (C=O) groups is 2. The molecule has 0 aliphatic carbocycles. The van der Waals surface area contributed by atoms with Gasteiger partial charge in [-0.1, -0.05) is 193 Å². The zero-order valence-corrected chi connectivity index (χ0v) is 39.4. The van der Waals surface area contributed by atoms with E-state index < -0.39 is 71.2 Å². The SMILES string of the molecule is CCCC/C=C/CCCCCCCCCCCC(=O)O[C@H](COC(=O)CCCCCCCCCCCCCCCCCCCC)CO[C@H]1O[C@H](CS(=O)(=O)O)[C@@H](O)C(O)C1O. The number of ether oxygens (including phenoxy) is 4. The van der Waals surface area contributed by atoms with E-state index in [0.29, 0.717) is 12.8 Å². The number of allylic oxidation sites excluding steroid dienone is 2. The number of aliphatic hydroxyl groups is 3. The quantitative estimate of drug-likeness (QED) is 0.0197. The standard InChI is InChI=1S/C48H90O12S/c1-3-5-7-9-11-13-15-17-19-20-21-23-24-26-28-30-32-34-36-43(49)57-38-41(39-58-48-47(53)46(52)45(51)42(60-48)40-61(54,55)56)59-44(50)37-35-33-31-29-27-25-22-18-16-14-12-10-8-6-4-2/h10,12,41-42,45-48,51-53H,3-9,11,13-40H2,1-2H3,(H,54,55,56)/b12-10+/t41-,42-,45-,46?,47?,48+/m1/s1. The lowest BCUT2D eigenvalue weighted by Crippen LogP contribution is -2.60. The summed E-state index contributed by atoms with van der Waals surface area (Å²) in [5, 5.41) is 30.9. The van der Waals surface area contributed by atoms with Crippen LogP contribution in [0.25, 0.3) is 0 Å². The van der Waals surface area contributed by atoms with Gasteiger partial charge in [-0.05, 0) is 32.1 Å². The molecule has 1 rings (SSSR count). The summed E-state index contributed by atoms with van der Waals surface area (Å²) in [6, 6.07) is 0. The second-order valence-electron chi connectivity index (χ2n) is 17.5. The number of carbonyl (C=O) groups excluding carboxylic acids is 2. The zero-order chi connectivity index (χ0) is 44.8. The molecule has 1 heterocycles. The predicted molar refractivity (Wildman–Crippen MR) is 243 cm³/mol. The highest BCUT2D eigenvalue weighted by Crippen LogP contribution is 2.24. The van der Waals surface area contributed by atoms with E-state index in [9.17, 15) is 37.9 Å². The van der Waals surface area contributed by atoms with Crippen molar-refractivity contribution in [3.63, 3.8) is 0 Å². The van der Waals surface area contributed by atoms with Crippen LogP contribution >= 0.6 is 0 Å². The summed E-state index contributed by atoms with van der Waals surface area (Å²) in [5.74, 6) is -1.97. The van der Waals surface area contributed by atoms with E-state index in [0.717, 1.165) is 44.9 Å². The van der Waals surface area contributed by atoms with Gasteiger partial charge in [-0.15, -0.1) is 0 Å². The smallest absolute Gasteiger partial charge is 0.306 e. The molecule has 12 nitrogen and oxygen atoms in total. The van der Waals surface area contributed by atoms with Crippen molar-refractivity contribution >= 4 is 22.1 Å². The topological polar surface area (TPSA) is 186 Å². The second kappa shape index (κ2) is 38.8. The molecule has 61 heavy (non-hydrogen) atoms. The Morgan fingerprint density at radius 3 is 1.41 bits per heavy atom. The van der Waals surface area contributed by atoms with Gasteiger partial charge in [0.05, 0.1) is 6.61 Å². The molecule has 0 aromatic carbocycles. The molecule has 0 saturated carbocycles. The second-order valence-corrected chi connectivity index (χ2v) is 19.0. The van der Waals surface area contributed by atoms with Gasteiger partial charge in [-0.25, -0.2) is 0 Å². The summed E-state index contributed by atoms with van der Waals surface area (Å²) in [6.07, 6.45) is 32.5. The van der Waals surface area contributed by atoms with Crippen molar-refractivity contribution in [3.8, 4) is 0 Å². The lowest BCUT2D eigenvalue weighted by atomic mass is 10.00. The highest BCUT2D eigenvalue weighted by molar-refractivity contribution is 7.85. The monoisotopic (exact) mass is 891 g/mol. The van der Waals surface area contributed by atoms with Gasteiger partial charge in [0.25, 0.3) is 10.1 Å². The number of hydrogen-bond acceptors (Lipinski definition) is 11. The Kier molecular flexibility index (Phi) is 36.5. The molecule has 4 N–H and O–H groups in total. The van der Waals surface area contributed by atoms with Crippen LogP contribution in [0.15, 0.2) is 12.2 Å². The fourth-order valence-electron chi connectivity index (χ4n) is 7.72. The van der Waals surface area contributed by atoms with Gasteiger partial charge >= 0.3 is 11.9 Å². The maximum atomic E-state index is 12.8. The number of hydrogen-bond donors (Lipinski definition) is 4. The highest BCUT2D eigenvalue weighted by Gasteiger charge is 2.46. The Balaban J connectivity index is 2.38. The molecule has 0 amide bonds. The van der Waals surface area contributed by atoms with Crippen LogP contribution < -0.4 is 0 Å². The maximum Gasteiger partial charge on any atom is 0.306 e. The van der Waals surface area contributed by atoms with E-state index >= 15 is 0 Å². The molecule has 1 saturated heterocycles. The third-order valence-electron chi connectivity index (χ3n) is 11.6. The molecular formula is C48H90O12S. The van der Waals surface area contributed by atoms with Crippen molar-refractivity contribution < 1.29 is 56.8 Å². The van der Waals surface area contributed by atoms with Crippen molar-refractivity contribution in [2.45, 2.75) is 263 Å². The van der Waals surface area contributed by atoms with Gasteiger partial charge in [-0.2, -0.15) is 8.42 Å². The van der Waals surface area contributed by atoms with Crippen LogP contribution in [0.4, 0.5) is 0 Å². The number of unbranched alkanes of at least 4 members (excludes halogenated alkanes) is 28. The van der Waals surface area contributed by atoms with Gasteiger partial charge < -0.3 is 34.3 Å². The van der Waals surface area contributed by atoms with E-state index in [-0.39, 0.29) is 19.4 Å². The molecular weight excluding hydrogens is 801 g/mol. The first-order valence-corrected chi connectivity index (χ1v) is 26.4. The van der Waals surface area contributed by atoms with Gasteiger partial charge in [-0.3, -0.25) is 14.1 Å². The largest absolute Gasteiger partial charge is 0.462 e. The summed E-state index contributed by atoms with van der Waals surface area (Å²) in [6.45, 7) is 3.76. The third-order valence-corrected chi connectivity index (χ3v) is 12.3. The molecule has 0 bridgehead atoms. The van der Waals surface area contributed by atoms with E-state index in [4.69, 9.17) is 18.9 Å². The first-order valence-electron chi connectivity index (χ1n) is 24.7. The lowest BCUT2D eigenvalue weighted by molar-refractivity contribution is -0.297. The summed E-state index contributed by atoms with van der Waals surface area (Å²) < 4.78 is 54.2. The molecule has 0 aromatic heterocycles. The zero-order valence-electron chi connectivity index (χ0n) is 38.5. The van der Waals surface area contributed by atoms with Crippen LogP contribution in [0.2, 0.25) is 0 Å². The molecule has 0 aromatic rings. The van der Waals surface area contributed by atoms with Gasteiger partial charge in [0.15, 0.2) is 12.4 Å². The van der Waals surface area contributed by atoms with Crippen LogP contribution in [-0.2, 0) is 38.7 Å². The van der Waals surface area contributed by atoms with Crippen LogP contribution in [0.3, 0.4) is 0 Å². The first-order chi connectivity index (χ1) is 29.5. The van der Waals surface area contributed by atoms with Crippen molar-refractivity contribution in [3.05, 3.63) is 12.2 Å². The highest BCUT2D eigenvalue weighted by atomic mass is 32.2. The third kappa shape index (κ3) is 33.6. The van der Waals surface area contributed by atoms with Crippen molar-refractivity contribution in [1.82, 2.24) is 0 Å². The molecule has 1 aliphatic rings. The van der Waals surface area contributed by atoms with Gasteiger partial charge in [0, 0.05) is 12.8 Å². The number of rotatable bonds is 42. The van der Waals surface area contributed by atoms with E-state index in [1.165, 1.54) is 141 Å². The Labute approximate surface area is 371 Å². The molecule has 0 spiro atoms. The van der Waals surface area contributed by atoms with Gasteiger partial charge in [0.1, 0.15) is 36.8 Å². The minimum Gasteiger partial charge on any atom is -0.462 e. The van der Waals surface area contributed by atoms with E-state index in [1.807, 2.05) is 0 Å². The van der Waals surface area contributed by atoms with Crippen molar-refractivity contribution in [2.75, 3.05) is 19.0 Å². The first kappa shape index (κ1) is 57.4. The van der Waals surface area contributed by atoms with Crippen LogP contribution in [-0.4, -0.2) is 96.0 Å². The fourth-order valence-corrected chi connectivity index (χ4v) is 8.41. The average Bonchev–Trinajstić information content (AvgIpc) is 3.22. The predicted octanol–water partition coefficient (Wildman–Crippen LogP) is 10.6. The lowest BCUT2D eigenvalue weighted by Gasteiger charge is -2.40.